The number of rotatable bonds is 3. The maximum absolute atomic E-state index is 11.7. The zero-order valence-corrected chi connectivity index (χ0v) is 11.2. The van der Waals surface area contributed by atoms with Crippen molar-refractivity contribution in [1.82, 2.24) is 15.0 Å². The summed E-state index contributed by atoms with van der Waals surface area (Å²) in [5.41, 5.74) is 2.37. The van der Waals surface area contributed by atoms with Gasteiger partial charge in [0.05, 0.1) is 23.8 Å². The Balaban J connectivity index is 1.65. The highest BCUT2D eigenvalue weighted by molar-refractivity contribution is 7.08. The Morgan fingerprint density at radius 3 is 2.55 bits per heavy atom. The summed E-state index contributed by atoms with van der Waals surface area (Å²) in [6.07, 6.45) is 3.37. The Hall–Kier alpha value is -2.67. The van der Waals surface area contributed by atoms with Crippen LogP contribution < -0.4 is 10.6 Å². The van der Waals surface area contributed by atoms with Crippen molar-refractivity contribution in [2.24, 2.45) is 0 Å². The molecule has 3 aromatic rings. The van der Waals surface area contributed by atoms with E-state index in [9.17, 15) is 4.79 Å². The van der Waals surface area contributed by atoms with Gasteiger partial charge in [-0.25, -0.2) is 9.48 Å². The van der Waals surface area contributed by atoms with Crippen molar-refractivity contribution in [3.05, 3.63) is 53.5 Å². The average Bonchev–Trinajstić information content (AvgIpc) is 3.12. The first-order valence-electron chi connectivity index (χ1n) is 5.88. The predicted octanol–water partition coefficient (Wildman–Crippen LogP) is 2.97. The highest BCUT2D eigenvalue weighted by Gasteiger charge is 2.03. The highest BCUT2D eigenvalue weighted by atomic mass is 32.1. The highest BCUT2D eigenvalue weighted by Crippen LogP contribution is 2.14. The van der Waals surface area contributed by atoms with Crippen LogP contribution in [0.1, 0.15) is 0 Å². The molecule has 0 atom stereocenters. The maximum Gasteiger partial charge on any atom is 0.323 e. The first kappa shape index (κ1) is 12.4. The molecule has 2 amide bonds. The second kappa shape index (κ2) is 5.54. The SMILES string of the molecule is O=C(Nc1ccc(-n2ccnn2)cc1)Nc1ccsc1. The predicted molar refractivity (Wildman–Crippen MR) is 78.3 cm³/mol. The molecule has 0 bridgehead atoms. The molecular weight excluding hydrogens is 274 g/mol. The molecular formula is C13H11N5OS. The molecule has 0 aliphatic rings. The van der Waals surface area contributed by atoms with Crippen LogP contribution >= 0.6 is 11.3 Å². The van der Waals surface area contributed by atoms with Gasteiger partial charge in [-0.3, -0.25) is 0 Å². The van der Waals surface area contributed by atoms with Crippen molar-refractivity contribution >= 4 is 28.7 Å². The molecule has 7 heteroatoms. The second-order valence-corrected chi connectivity index (χ2v) is 4.77. The second-order valence-electron chi connectivity index (χ2n) is 3.99. The fraction of sp³-hybridized carbons (Fsp3) is 0. The summed E-state index contributed by atoms with van der Waals surface area (Å²) >= 11 is 1.53. The molecule has 20 heavy (non-hydrogen) atoms. The summed E-state index contributed by atoms with van der Waals surface area (Å²) in [4.78, 5) is 11.7. The Morgan fingerprint density at radius 2 is 1.90 bits per heavy atom. The molecule has 0 fully saturated rings. The number of thiophene rings is 1. The largest absolute Gasteiger partial charge is 0.323 e. The lowest BCUT2D eigenvalue weighted by atomic mass is 10.3. The number of nitrogens with one attached hydrogen (secondary N) is 2. The van der Waals surface area contributed by atoms with Crippen molar-refractivity contribution < 1.29 is 4.79 Å². The molecule has 1 aromatic carbocycles. The van der Waals surface area contributed by atoms with E-state index in [0.29, 0.717) is 5.69 Å². The van der Waals surface area contributed by atoms with Gasteiger partial charge in [0.25, 0.3) is 0 Å². The topological polar surface area (TPSA) is 71.8 Å². The standard InChI is InChI=1S/C13H11N5OS/c19-13(16-11-5-8-20-9-11)15-10-1-3-12(4-2-10)18-7-6-14-17-18/h1-9H,(H2,15,16,19). The summed E-state index contributed by atoms with van der Waals surface area (Å²) in [7, 11) is 0. The first-order chi connectivity index (χ1) is 9.81. The number of anilines is 2. The minimum absolute atomic E-state index is 0.267. The number of urea groups is 1. The van der Waals surface area contributed by atoms with Crippen LogP contribution in [0, 0.1) is 0 Å². The van der Waals surface area contributed by atoms with Crippen LogP contribution in [0.15, 0.2) is 53.5 Å². The van der Waals surface area contributed by atoms with Gasteiger partial charge < -0.3 is 10.6 Å². The van der Waals surface area contributed by atoms with Crippen LogP contribution in [-0.4, -0.2) is 21.0 Å². The number of hydrogen-bond acceptors (Lipinski definition) is 4. The number of nitrogens with zero attached hydrogens (tertiary/aromatic N) is 3. The average molecular weight is 285 g/mol. The van der Waals surface area contributed by atoms with E-state index < -0.39 is 0 Å². The van der Waals surface area contributed by atoms with Gasteiger partial charge >= 0.3 is 6.03 Å². The minimum atomic E-state index is -0.267. The quantitative estimate of drug-likeness (QED) is 0.777. The fourth-order valence-electron chi connectivity index (χ4n) is 1.67. The van der Waals surface area contributed by atoms with E-state index in [4.69, 9.17) is 0 Å². The molecule has 2 aromatic heterocycles. The van der Waals surface area contributed by atoms with Crippen molar-refractivity contribution in [1.29, 1.82) is 0 Å². The van der Waals surface area contributed by atoms with Gasteiger partial charge in [0.15, 0.2) is 0 Å². The molecule has 2 N–H and O–H groups in total. The van der Waals surface area contributed by atoms with Crippen molar-refractivity contribution in [2.75, 3.05) is 10.6 Å². The fourth-order valence-corrected chi connectivity index (χ4v) is 2.26. The van der Waals surface area contributed by atoms with Crippen LogP contribution in [0.5, 0.6) is 0 Å². The minimum Gasteiger partial charge on any atom is -0.308 e. The van der Waals surface area contributed by atoms with Gasteiger partial charge in [0, 0.05) is 11.1 Å². The van der Waals surface area contributed by atoms with Crippen LogP contribution in [0.2, 0.25) is 0 Å². The Morgan fingerprint density at radius 1 is 1.10 bits per heavy atom. The normalized spacial score (nSPS) is 10.2. The molecule has 0 unspecified atom stereocenters. The van der Waals surface area contributed by atoms with E-state index in [-0.39, 0.29) is 6.03 Å². The summed E-state index contributed by atoms with van der Waals surface area (Å²) in [6.45, 7) is 0. The third-order valence-electron chi connectivity index (χ3n) is 2.59. The summed E-state index contributed by atoms with van der Waals surface area (Å²) in [6, 6.07) is 8.91. The van der Waals surface area contributed by atoms with E-state index in [1.807, 2.05) is 41.1 Å². The van der Waals surface area contributed by atoms with Crippen LogP contribution in [0.3, 0.4) is 0 Å². The van der Waals surface area contributed by atoms with Crippen molar-refractivity contribution in [3.63, 3.8) is 0 Å². The lowest BCUT2D eigenvalue weighted by Crippen LogP contribution is -2.18. The zero-order chi connectivity index (χ0) is 13.8. The molecule has 3 rings (SSSR count). The number of benzene rings is 1. The molecule has 0 spiro atoms. The molecule has 0 radical (unpaired) electrons. The monoisotopic (exact) mass is 285 g/mol. The first-order valence-corrected chi connectivity index (χ1v) is 6.82. The number of carbonyl (C=O) groups is 1. The third-order valence-corrected chi connectivity index (χ3v) is 3.27. The Bertz CT molecular complexity index is 676. The van der Waals surface area contributed by atoms with E-state index in [0.717, 1.165) is 11.4 Å². The number of hydrogen-bond donors (Lipinski definition) is 2. The van der Waals surface area contributed by atoms with Gasteiger partial charge in [-0.2, -0.15) is 11.3 Å². The van der Waals surface area contributed by atoms with E-state index in [1.54, 1.807) is 17.1 Å². The smallest absolute Gasteiger partial charge is 0.308 e. The summed E-state index contributed by atoms with van der Waals surface area (Å²) in [5, 5.41) is 16.9. The van der Waals surface area contributed by atoms with Crippen molar-refractivity contribution in [3.8, 4) is 5.69 Å². The van der Waals surface area contributed by atoms with Crippen LogP contribution in [-0.2, 0) is 0 Å². The van der Waals surface area contributed by atoms with Crippen LogP contribution in [0.25, 0.3) is 5.69 Å². The van der Waals surface area contributed by atoms with Crippen LogP contribution in [0.4, 0.5) is 16.2 Å². The third kappa shape index (κ3) is 2.83. The van der Waals surface area contributed by atoms with Gasteiger partial charge in [0.2, 0.25) is 0 Å². The number of amides is 2. The summed E-state index contributed by atoms with van der Waals surface area (Å²) < 4.78 is 1.65. The molecule has 0 aliphatic carbocycles. The maximum atomic E-state index is 11.7. The molecule has 0 aliphatic heterocycles. The van der Waals surface area contributed by atoms with Gasteiger partial charge in [0.1, 0.15) is 0 Å². The van der Waals surface area contributed by atoms with Gasteiger partial charge in [-0.1, -0.05) is 5.21 Å². The molecule has 100 valence electrons. The number of aromatic nitrogens is 3. The van der Waals surface area contributed by atoms with Gasteiger partial charge in [-0.15, -0.1) is 5.10 Å². The van der Waals surface area contributed by atoms with E-state index in [2.05, 4.69) is 20.9 Å². The molecule has 0 saturated carbocycles. The Kier molecular flexibility index (Phi) is 3.42. The zero-order valence-electron chi connectivity index (χ0n) is 10.4. The lowest BCUT2D eigenvalue weighted by Gasteiger charge is -2.07. The van der Waals surface area contributed by atoms with E-state index in [1.165, 1.54) is 11.3 Å². The lowest BCUT2D eigenvalue weighted by molar-refractivity contribution is 0.262. The van der Waals surface area contributed by atoms with E-state index >= 15 is 0 Å². The van der Waals surface area contributed by atoms with Crippen molar-refractivity contribution in [2.45, 2.75) is 0 Å². The molecule has 2 heterocycles. The Labute approximate surface area is 119 Å². The summed E-state index contributed by atoms with van der Waals surface area (Å²) in [5.74, 6) is 0. The van der Waals surface area contributed by atoms with Gasteiger partial charge in [-0.05, 0) is 35.7 Å². The molecule has 0 saturated heterocycles. The number of carbonyl (C=O) groups excluding carboxylic acids is 1. The molecule has 6 nitrogen and oxygen atoms in total.